The number of aromatic amines is 1. The van der Waals surface area contributed by atoms with Crippen LogP contribution in [-0.2, 0) is 0 Å². The summed E-state index contributed by atoms with van der Waals surface area (Å²) >= 11 is 0. The van der Waals surface area contributed by atoms with E-state index in [9.17, 15) is 4.79 Å². The Bertz CT molecular complexity index is 367. The van der Waals surface area contributed by atoms with Crippen LogP contribution in [0.5, 0.6) is 6.01 Å². The average Bonchev–Trinajstić information content (AvgIpc) is 2.64. The molecule has 1 aromatic heterocycles. The maximum Gasteiger partial charge on any atom is 0.296 e. The van der Waals surface area contributed by atoms with Crippen molar-refractivity contribution in [2.24, 2.45) is 0 Å². The molecule has 0 spiro atoms. The van der Waals surface area contributed by atoms with Gasteiger partial charge in [0, 0.05) is 11.8 Å². The molecule has 4 nitrogen and oxygen atoms in total. The van der Waals surface area contributed by atoms with Crippen LogP contribution in [0.1, 0.15) is 31.2 Å². The molecular weight excluding hydrogens is 180 g/mol. The number of H-pyrrole nitrogens is 1. The Balaban J connectivity index is 2.09. The van der Waals surface area contributed by atoms with E-state index in [1.54, 1.807) is 13.1 Å². The molecule has 1 aliphatic rings. The second-order valence-electron chi connectivity index (χ2n) is 3.72. The largest absolute Gasteiger partial charge is 0.461 e. The Morgan fingerprint density at radius 1 is 1.50 bits per heavy atom. The van der Waals surface area contributed by atoms with Gasteiger partial charge in [-0.05, 0) is 32.6 Å². The highest BCUT2D eigenvalue weighted by atomic mass is 16.5. The van der Waals surface area contributed by atoms with Crippen LogP contribution in [-0.4, -0.2) is 16.1 Å². The number of rotatable bonds is 2. The molecule has 1 N–H and O–H groups in total. The van der Waals surface area contributed by atoms with E-state index in [1.165, 1.54) is 12.8 Å². The first-order chi connectivity index (χ1) is 6.75. The van der Waals surface area contributed by atoms with E-state index < -0.39 is 0 Å². The predicted molar refractivity (Wildman–Crippen MR) is 52.5 cm³/mol. The molecule has 4 heteroatoms. The molecule has 0 saturated heterocycles. The van der Waals surface area contributed by atoms with Crippen molar-refractivity contribution in [1.82, 2.24) is 9.97 Å². The highest BCUT2D eigenvalue weighted by Crippen LogP contribution is 2.21. The van der Waals surface area contributed by atoms with E-state index >= 15 is 0 Å². The van der Waals surface area contributed by atoms with Gasteiger partial charge in [0.05, 0.1) is 0 Å². The van der Waals surface area contributed by atoms with Crippen molar-refractivity contribution in [1.29, 1.82) is 0 Å². The van der Waals surface area contributed by atoms with Gasteiger partial charge in [0.2, 0.25) is 0 Å². The van der Waals surface area contributed by atoms with Crippen molar-refractivity contribution in [2.45, 2.75) is 38.7 Å². The lowest BCUT2D eigenvalue weighted by Gasteiger charge is -2.10. The minimum atomic E-state index is -0.118. The lowest BCUT2D eigenvalue weighted by molar-refractivity contribution is 0.191. The van der Waals surface area contributed by atoms with Gasteiger partial charge in [-0.15, -0.1) is 0 Å². The monoisotopic (exact) mass is 194 g/mol. The van der Waals surface area contributed by atoms with Crippen LogP contribution in [0.3, 0.4) is 0 Å². The SMILES string of the molecule is Cc1cnc(OC2CCCC2)[nH]c1=O. The van der Waals surface area contributed by atoms with Crippen molar-refractivity contribution in [3.8, 4) is 6.01 Å². The zero-order chi connectivity index (χ0) is 9.97. The molecule has 1 heterocycles. The van der Waals surface area contributed by atoms with Gasteiger partial charge in [-0.2, -0.15) is 0 Å². The maximum absolute atomic E-state index is 11.2. The average molecular weight is 194 g/mol. The first kappa shape index (κ1) is 9.24. The fourth-order valence-electron chi connectivity index (χ4n) is 1.67. The van der Waals surface area contributed by atoms with Crippen LogP contribution in [0.25, 0.3) is 0 Å². The number of nitrogens with one attached hydrogen (secondary N) is 1. The van der Waals surface area contributed by atoms with E-state index in [0.717, 1.165) is 12.8 Å². The Morgan fingerprint density at radius 3 is 2.86 bits per heavy atom. The molecule has 1 saturated carbocycles. The van der Waals surface area contributed by atoms with Gasteiger partial charge in [-0.1, -0.05) is 0 Å². The zero-order valence-electron chi connectivity index (χ0n) is 8.25. The number of hydrogen-bond donors (Lipinski definition) is 1. The molecule has 0 atom stereocenters. The van der Waals surface area contributed by atoms with E-state index in [4.69, 9.17) is 4.74 Å². The molecule has 76 valence electrons. The number of hydrogen-bond acceptors (Lipinski definition) is 3. The van der Waals surface area contributed by atoms with Gasteiger partial charge < -0.3 is 4.74 Å². The lowest BCUT2D eigenvalue weighted by Crippen LogP contribution is -2.17. The predicted octanol–water partition coefficient (Wildman–Crippen LogP) is 1.40. The molecule has 1 aliphatic carbocycles. The fourth-order valence-corrected chi connectivity index (χ4v) is 1.67. The van der Waals surface area contributed by atoms with Crippen molar-refractivity contribution < 1.29 is 4.74 Å². The fraction of sp³-hybridized carbons (Fsp3) is 0.600. The lowest BCUT2D eigenvalue weighted by atomic mass is 10.3. The normalized spacial score (nSPS) is 17.2. The zero-order valence-corrected chi connectivity index (χ0v) is 8.25. The molecule has 2 rings (SSSR count). The summed E-state index contributed by atoms with van der Waals surface area (Å²) in [5, 5.41) is 0. The van der Waals surface area contributed by atoms with Gasteiger partial charge in [-0.3, -0.25) is 9.78 Å². The van der Waals surface area contributed by atoms with E-state index in [-0.39, 0.29) is 11.7 Å². The first-order valence-corrected chi connectivity index (χ1v) is 4.98. The van der Waals surface area contributed by atoms with E-state index in [1.807, 2.05) is 0 Å². The molecule has 0 amide bonds. The highest BCUT2D eigenvalue weighted by Gasteiger charge is 2.17. The Hall–Kier alpha value is -1.32. The summed E-state index contributed by atoms with van der Waals surface area (Å²) in [5.41, 5.74) is 0.497. The van der Waals surface area contributed by atoms with Crippen LogP contribution >= 0.6 is 0 Å². The summed E-state index contributed by atoms with van der Waals surface area (Å²) < 4.78 is 5.54. The third kappa shape index (κ3) is 1.95. The third-order valence-corrected chi connectivity index (χ3v) is 2.53. The molecule has 0 unspecified atom stereocenters. The van der Waals surface area contributed by atoms with Crippen LogP contribution in [0, 0.1) is 6.92 Å². The van der Waals surface area contributed by atoms with E-state index in [0.29, 0.717) is 11.6 Å². The summed E-state index contributed by atoms with van der Waals surface area (Å²) in [6.07, 6.45) is 6.33. The first-order valence-electron chi connectivity index (χ1n) is 4.98. The summed E-state index contributed by atoms with van der Waals surface area (Å²) in [7, 11) is 0. The summed E-state index contributed by atoms with van der Waals surface area (Å²) in [5.74, 6) is 0. The molecule has 0 aromatic carbocycles. The standard InChI is InChI=1S/C10H14N2O2/c1-7-6-11-10(12-9(7)13)14-8-4-2-3-5-8/h6,8H,2-5H2,1H3,(H,11,12,13). The summed E-state index contributed by atoms with van der Waals surface area (Å²) in [6.45, 7) is 1.73. The minimum absolute atomic E-state index is 0.118. The number of ether oxygens (including phenoxy) is 1. The van der Waals surface area contributed by atoms with Crippen LogP contribution in [0.4, 0.5) is 0 Å². The van der Waals surface area contributed by atoms with Gasteiger partial charge in [0.1, 0.15) is 6.10 Å². The smallest absolute Gasteiger partial charge is 0.296 e. The highest BCUT2D eigenvalue weighted by molar-refractivity contribution is 5.05. The Labute approximate surface area is 82.3 Å². The Kier molecular flexibility index (Phi) is 2.52. The summed E-state index contributed by atoms with van der Waals surface area (Å²) in [4.78, 5) is 17.9. The maximum atomic E-state index is 11.2. The van der Waals surface area contributed by atoms with Crippen LogP contribution in [0.15, 0.2) is 11.0 Å². The molecular formula is C10H14N2O2. The number of aromatic nitrogens is 2. The summed E-state index contributed by atoms with van der Waals surface area (Å²) in [6, 6.07) is 0.354. The quantitative estimate of drug-likeness (QED) is 0.774. The van der Waals surface area contributed by atoms with Crippen molar-refractivity contribution in [2.75, 3.05) is 0 Å². The van der Waals surface area contributed by atoms with Crippen LogP contribution < -0.4 is 10.3 Å². The van der Waals surface area contributed by atoms with Crippen LogP contribution in [0.2, 0.25) is 0 Å². The second-order valence-corrected chi connectivity index (χ2v) is 3.72. The van der Waals surface area contributed by atoms with Gasteiger partial charge in [0.25, 0.3) is 11.6 Å². The van der Waals surface area contributed by atoms with Gasteiger partial charge in [0.15, 0.2) is 0 Å². The molecule has 0 radical (unpaired) electrons. The minimum Gasteiger partial charge on any atom is -0.461 e. The van der Waals surface area contributed by atoms with Crippen molar-refractivity contribution in [3.05, 3.63) is 22.1 Å². The third-order valence-electron chi connectivity index (χ3n) is 2.53. The van der Waals surface area contributed by atoms with Crippen molar-refractivity contribution >= 4 is 0 Å². The molecule has 0 aliphatic heterocycles. The number of nitrogens with zero attached hydrogens (tertiary/aromatic N) is 1. The van der Waals surface area contributed by atoms with E-state index in [2.05, 4.69) is 9.97 Å². The number of aryl methyl sites for hydroxylation is 1. The Morgan fingerprint density at radius 2 is 2.21 bits per heavy atom. The van der Waals surface area contributed by atoms with Gasteiger partial charge >= 0.3 is 0 Å². The van der Waals surface area contributed by atoms with Crippen molar-refractivity contribution in [3.63, 3.8) is 0 Å². The molecule has 1 fully saturated rings. The molecule has 1 aromatic rings. The molecule has 14 heavy (non-hydrogen) atoms. The second kappa shape index (κ2) is 3.82. The molecule has 0 bridgehead atoms. The van der Waals surface area contributed by atoms with Gasteiger partial charge in [-0.25, -0.2) is 4.98 Å². The topological polar surface area (TPSA) is 55.0 Å².